The Morgan fingerprint density at radius 2 is 1.81 bits per heavy atom. The van der Waals surface area contributed by atoms with Gasteiger partial charge >= 0.3 is 6.18 Å². The largest absolute Gasteiger partial charge is 0.484 e. The monoisotopic (exact) mass is 469 g/mol. The summed E-state index contributed by atoms with van der Waals surface area (Å²) >= 11 is 7.46. The predicted octanol–water partition coefficient (Wildman–Crippen LogP) is 4.25. The highest BCUT2D eigenvalue weighted by Gasteiger charge is 2.30. The number of aromatic nitrogens is 1. The molecule has 2 amide bonds. The minimum atomic E-state index is -4.52. The summed E-state index contributed by atoms with van der Waals surface area (Å²) in [6.07, 6.45) is -4.60. The van der Waals surface area contributed by atoms with E-state index < -0.39 is 30.2 Å². The molecule has 0 saturated carbocycles. The molecule has 31 heavy (non-hydrogen) atoms. The summed E-state index contributed by atoms with van der Waals surface area (Å²) in [6, 6.07) is 11.3. The smallest absolute Gasteiger partial charge is 0.416 e. The van der Waals surface area contributed by atoms with E-state index in [0.29, 0.717) is 15.7 Å². The molecule has 0 spiro atoms. The van der Waals surface area contributed by atoms with Crippen molar-refractivity contribution in [2.75, 3.05) is 6.61 Å². The van der Waals surface area contributed by atoms with Gasteiger partial charge in [0.2, 0.25) is 5.91 Å². The van der Waals surface area contributed by atoms with Crippen LogP contribution in [-0.4, -0.2) is 23.4 Å². The third kappa shape index (κ3) is 6.43. The number of hydrogen-bond acceptors (Lipinski definition) is 5. The SMILES string of the molecule is O=C(COc1cccc(C(F)(F)F)c1)NNC(=O)Cc1csc(-c2ccccc2Cl)n1. The number of nitrogens with one attached hydrogen (secondary N) is 2. The first-order valence-corrected chi connectivity index (χ1v) is 10.0. The zero-order valence-electron chi connectivity index (χ0n) is 15.7. The van der Waals surface area contributed by atoms with Crippen molar-refractivity contribution in [3.05, 3.63) is 70.2 Å². The second-order valence-electron chi connectivity index (χ2n) is 6.21. The minimum Gasteiger partial charge on any atom is -0.484 e. The normalized spacial score (nSPS) is 11.1. The summed E-state index contributed by atoms with van der Waals surface area (Å²) in [7, 11) is 0. The van der Waals surface area contributed by atoms with Gasteiger partial charge in [-0.2, -0.15) is 13.2 Å². The van der Waals surface area contributed by atoms with Crippen LogP contribution in [0.1, 0.15) is 11.3 Å². The molecule has 2 aromatic carbocycles. The van der Waals surface area contributed by atoms with E-state index in [9.17, 15) is 22.8 Å². The molecule has 0 atom stereocenters. The number of carbonyl (C=O) groups excluding carboxylic acids is 2. The van der Waals surface area contributed by atoms with Crippen LogP contribution in [0.5, 0.6) is 5.75 Å². The maximum Gasteiger partial charge on any atom is 0.416 e. The first-order chi connectivity index (χ1) is 14.7. The van der Waals surface area contributed by atoms with Gasteiger partial charge in [0, 0.05) is 10.9 Å². The number of carbonyl (C=O) groups is 2. The van der Waals surface area contributed by atoms with Crippen LogP contribution in [-0.2, 0) is 22.2 Å². The second kappa shape index (κ2) is 9.80. The zero-order chi connectivity index (χ0) is 22.4. The van der Waals surface area contributed by atoms with Crippen LogP contribution < -0.4 is 15.6 Å². The molecular formula is C20H15ClF3N3O3S. The van der Waals surface area contributed by atoms with Crippen LogP contribution >= 0.6 is 22.9 Å². The van der Waals surface area contributed by atoms with Crippen molar-refractivity contribution in [2.24, 2.45) is 0 Å². The number of thiazole rings is 1. The zero-order valence-corrected chi connectivity index (χ0v) is 17.3. The van der Waals surface area contributed by atoms with Gasteiger partial charge in [-0.05, 0) is 24.3 Å². The minimum absolute atomic E-state index is 0.0876. The lowest BCUT2D eigenvalue weighted by Crippen LogP contribution is -2.44. The lowest BCUT2D eigenvalue weighted by atomic mass is 10.2. The van der Waals surface area contributed by atoms with Crippen molar-refractivity contribution < 1.29 is 27.5 Å². The Bertz CT molecular complexity index is 1090. The quantitative estimate of drug-likeness (QED) is 0.529. The second-order valence-corrected chi connectivity index (χ2v) is 7.48. The number of nitrogens with zero attached hydrogens (tertiary/aromatic N) is 1. The summed E-state index contributed by atoms with van der Waals surface area (Å²) in [4.78, 5) is 28.1. The molecule has 0 aliphatic carbocycles. The van der Waals surface area contributed by atoms with Crippen molar-refractivity contribution in [1.29, 1.82) is 0 Å². The van der Waals surface area contributed by atoms with Gasteiger partial charge in [0.25, 0.3) is 5.91 Å². The van der Waals surface area contributed by atoms with Crippen LogP contribution in [0, 0.1) is 0 Å². The molecule has 1 aromatic heterocycles. The molecule has 0 aliphatic rings. The standard InChI is InChI=1S/C20H15ClF3N3O3S/c21-16-7-2-1-6-15(16)19-25-13(11-31-19)9-17(28)26-27-18(29)10-30-14-5-3-4-12(8-14)20(22,23)24/h1-8,11H,9-10H2,(H,26,28)(H,27,29). The molecule has 0 radical (unpaired) electrons. The molecule has 0 aliphatic heterocycles. The Kier molecular flexibility index (Phi) is 7.13. The fraction of sp³-hybridized carbons (Fsp3) is 0.150. The molecule has 11 heteroatoms. The maximum absolute atomic E-state index is 12.7. The number of rotatable bonds is 6. The molecule has 1 heterocycles. The molecule has 0 bridgehead atoms. The van der Waals surface area contributed by atoms with Gasteiger partial charge in [0.05, 0.1) is 22.7 Å². The van der Waals surface area contributed by atoms with Gasteiger partial charge < -0.3 is 4.74 Å². The lowest BCUT2D eigenvalue weighted by Gasteiger charge is -2.10. The fourth-order valence-electron chi connectivity index (χ4n) is 2.44. The average molecular weight is 470 g/mol. The van der Waals surface area contributed by atoms with Crippen molar-refractivity contribution in [2.45, 2.75) is 12.6 Å². The first-order valence-electron chi connectivity index (χ1n) is 8.79. The number of halogens is 4. The van der Waals surface area contributed by atoms with Crippen molar-refractivity contribution in [1.82, 2.24) is 15.8 Å². The molecule has 3 rings (SSSR count). The summed E-state index contributed by atoms with van der Waals surface area (Å²) < 4.78 is 43.1. The number of ether oxygens (including phenoxy) is 1. The van der Waals surface area contributed by atoms with Crippen LogP contribution in [0.4, 0.5) is 13.2 Å². The Morgan fingerprint density at radius 1 is 1.06 bits per heavy atom. The lowest BCUT2D eigenvalue weighted by molar-refractivity contribution is -0.137. The molecule has 162 valence electrons. The average Bonchev–Trinajstić information content (AvgIpc) is 3.18. The highest BCUT2D eigenvalue weighted by molar-refractivity contribution is 7.13. The van der Waals surface area contributed by atoms with Gasteiger partial charge in [0.15, 0.2) is 6.61 Å². The summed E-state index contributed by atoms with van der Waals surface area (Å²) in [5, 5.41) is 2.91. The van der Waals surface area contributed by atoms with Crippen molar-refractivity contribution in [3.63, 3.8) is 0 Å². The highest BCUT2D eigenvalue weighted by atomic mass is 35.5. The van der Waals surface area contributed by atoms with E-state index in [-0.39, 0.29) is 12.2 Å². The van der Waals surface area contributed by atoms with E-state index >= 15 is 0 Å². The van der Waals surface area contributed by atoms with Gasteiger partial charge in [-0.25, -0.2) is 4.98 Å². The highest BCUT2D eigenvalue weighted by Crippen LogP contribution is 2.31. The van der Waals surface area contributed by atoms with Crippen LogP contribution in [0.3, 0.4) is 0 Å². The van der Waals surface area contributed by atoms with E-state index in [1.807, 2.05) is 12.1 Å². The number of benzene rings is 2. The molecule has 3 aromatic rings. The van der Waals surface area contributed by atoms with E-state index in [1.54, 1.807) is 17.5 Å². The Hall–Kier alpha value is -3.11. The Morgan fingerprint density at radius 3 is 2.55 bits per heavy atom. The Balaban J connectivity index is 1.46. The van der Waals surface area contributed by atoms with Crippen LogP contribution in [0.2, 0.25) is 5.02 Å². The summed E-state index contributed by atoms with van der Waals surface area (Å²) in [6.45, 7) is -0.574. The van der Waals surface area contributed by atoms with Gasteiger partial charge in [-0.3, -0.25) is 20.4 Å². The molecule has 6 nitrogen and oxygen atoms in total. The van der Waals surface area contributed by atoms with Crippen molar-refractivity contribution in [3.8, 4) is 16.3 Å². The third-order valence-corrected chi connectivity index (χ3v) is 5.12. The molecule has 2 N–H and O–H groups in total. The van der Waals surface area contributed by atoms with E-state index in [1.165, 1.54) is 23.5 Å². The molecular weight excluding hydrogens is 455 g/mol. The van der Waals surface area contributed by atoms with E-state index in [0.717, 1.165) is 17.7 Å². The molecule has 0 saturated heterocycles. The maximum atomic E-state index is 12.7. The molecule has 0 fully saturated rings. The van der Waals surface area contributed by atoms with Crippen LogP contribution in [0.15, 0.2) is 53.9 Å². The van der Waals surface area contributed by atoms with Gasteiger partial charge in [0.1, 0.15) is 10.8 Å². The van der Waals surface area contributed by atoms with Gasteiger partial charge in [-0.15, -0.1) is 11.3 Å². The first kappa shape index (κ1) is 22.6. The van der Waals surface area contributed by atoms with E-state index in [2.05, 4.69) is 15.8 Å². The summed E-state index contributed by atoms with van der Waals surface area (Å²) in [5.74, 6) is -1.38. The van der Waals surface area contributed by atoms with Gasteiger partial charge in [-0.1, -0.05) is 35.9 Å². The van der Waals surface area contributed by atoms with Crippen molar-refractivity contribution >= 4 is 34.8 Å². The van der Waals surface area contributed by atoms with Crippen LogP contribution in [0.25, 0.3) is 10.6 Å². The summed E-state index contributed by atoms with van der Waals surface area (Å²) in [5.41, 5.74) is 4.69. The number of hydrazine groups is 1. The molecule has 0 unspecified atom stereocenters. The topological polar surface area (TPSA) is 80.3 Å². The number of amides is 2. The number of hydrogen-bond donors (Lipinski definition) is 2. The van der Waals surface area contributed by atoms with E-state index in [4.69, 9.17) is 16.3 Å². The number of alkyl halides is 3. The fourth-order valence-corrected chi connectivity index (χ4v) is 3.58. The third-order valence-electron chi connectivity index (χ3n) is 3.87. The Labute approximate surface area is 184 Å². The predicted molar refractivity (Wildman–Crippen MR) is 109 cm³/mol.